The molecule has 0 fully saturated rings. The minimum absolute atomic E-state index is 0.295. The highest BCUT2D eigenvalue weighted by atomic mass is 19.4. The molecule has 0 aliphatic rings. The van der Waals surface area contributed by atoms with E-state index in [4.69, 9.17) is 0 Å². The van der Waals surface area contributed by atoms with Gasteiger partial charge in [-0.1, -0.05) is 0 Å². The molecule has 0 radical (unpaired) electrons. The summed E-state index contributed by atoms with van der Waals surface area (Å²) in [6.45, 7) is 0. The average molecular weight is 181 g/mol. The molecule has 0 unspecified atom stereocenters. The van der Waals surface area contributed by atoms with Crippen LogP contribution in [-0.4, -0.2) is 4.98 Å². The minimum Gasteiger partial charge on any atom is -0.328 e. The Balaban J connectivity index is 3.27. The highest BCUT2D eigenvalue weighted by Gasteiger charge is 2.32. The van der Waals surface area contributed by atoms with E-state index in [1.807, 2.05) is 0 Å². The van der Waals surface area contributed by atoms with Gasteiger partial charge in [0.2, 0.25) is 0 Å². The van der Waals surface area contributed by atoms with E-state index in [1.54, 1.807) is 0 Å². The van der Waals surface area contributed by atoms with Crippen LogP contribution in [0.25, 0.3) is 0 Å². The van der Waals surface area contributed by atoms with Gasteiger partial charge in [-0.15, -0.1) is 0 Å². The van der Waals surface area contributed by atoms with Crippen molar-refractivity contribution in [1.29, 1.82) is 0 Å². The van der Waals surface area contributed by atoms with Gasteiger partial charge in [0.25, 0.3) is 0 Å². The number of H-pyrrole nitrogens is 1. The fourth-order valence-electron chi connectivity index (χ4n) is 0.662. The molecule has 0 atom stereocenters. The molecule has 0 saturated carbocycles. The van der Waals surface area contributed by atoms with E-state index in [0.717, 1.165) is 0 Å². The van der Waals surface area contributed by atoms with Crippen LogP contribution in [0, 0.1) is 5.95 Å². The van der Waals surface area contributed by atoms with Gasteiger partial charge in [0.15, 0.2) is 11.4 Å². The number of alkyl halides is 3. The molecule has 0 saturated heterocycles. The summed E-state index contributed by atoms with van der Waals surface area (Å²) >= 11 is 0. The fourth-order valence-corrected chi connectivity index (χ4v) is 0.662. The fraction of sp³-hybridized carbons (Fsp3) is 0.167. The smallest absolute Gasteiger partial charge is 0.328 e. The van der Waals surface area contributed by atoms with Crippen molar-refractivity contribution in [2.45, 2.75) is 6.18 Å². The summed E-state index contributed by atoms with van der Waals surface area (Å²) in [6, 6.07) is 0.734. The maximum Gasteiger partial charge on any atom is 0.431 e. The van der Waals surface area contributed by atoms with Gasteiger partial charge in [-0.2, -0.15) is 17.6 Å². The Morgan fingerprint density at radius 1 is 1.25 bits per heavy atom. The molecule has 0 aliphatic carbocycles. The molecule has 0 spiro atoms. The van der Waals surface area contributed by atoms with Crippen LogP contribution in [0.4, 0.5) is 17.6 Å². The van der Waals surface area contributed by atoms with Gasteiger partial charge in [0, 0.05) is 12.1 Å². The quantitative estimate of drug-likeness (QED) is 0.477. The molecule has 6 heteroatoms. The summed E-state index contributed by atoms with van der Waals surface area (Å²) in [5.41, 5.74) is -2.40. The lowest BCUT2D eigenvalue weighted by Crippen LogP contribution is -2.14. The zero-order valence-corrected chi connectivity index (χ0v) is 5.57. The van der Waals surface area contributed by atoms with Gasteiger partial charge >= 0.3 is 6.18 Å². The third-order valence-corrected chi connectivity index (χ3v) is 1.12. The standard InChI is InChI=1S/C6H3F4NO/c7-5-2-3(12)1-4(11-5)6(8,9)10/h1-2H,(H,11,12). The lowest BCUT2D eigenvalue weighted by atomic mass is 10.3. The van der Waals surface area contributed by atoms with Gasteiger partial charge in [-0.05, 0) is 0 Å². The molecule has 1 rings (SSSR count). The summed E-state index contributed by atoms with van der Waals surface area (Å²) in [5, 5.41) is 0. The molecule has 1 aromatic heterocycles. The normalized spacial score (nSPS) is 11.7. The molecule has 1 aromatic rings. The first-order valence-corrected chi connectivity index (χ1v) is 2.86. The topological polar surface area (TPSA) is 32.9 Å². The van der Waals surface area contributed by atoms with Crippen LogP contribution in [0.2, 0.25) is 0 Å². The molecule has 1 N–H and O–H groups in total. The van der Waals surface area contributed by atoms with Crippen molar-refractivity contribution in [3.8, 4) is 0 Å². The number of rotatable bonds is 0. The molecule has 1 heterocycles. The van der Waals surface area contributed by atoms with E-state index in [9.17, 15) is 22.4 Å². The van der Waals surface area contributed by atoms with Crippen molar-refractivity contribution >= 4 is 0 Å². The predicted molar refractivity (Wildman–Crippen MR) is 32.0 cm³/mol. The molecule has 66 valence electrons. The minimum atomic E-state index is -4.72. The number of aromatic amines is 1. The van der Waals surface area contributed by atoms with Crippen molar-refractivity contribution in [2.75, 3.05) is 0 Å². The van der Waals surface area contributed by atoms with Crippen LogP contribution in [0.5, 0.6) is 0 Å². The van der Waals surface area contributed by atoms with Gasteiger partial charge in [-0.25, -0.2) is 0 Å². The van der Waals surface area contributed by atoms with Crippen LogP contribution in [-0.2, 0) is 6.18 Å². The molecular weight excluding hydrogens is 178 g/mol. The summed E-state index contributed by atoms with van der Waals surface area (Å²) in [4.78, 5) is 11.8. The van der Waals surface area contributed by atoms with E-state index in [1.165, 1.54) is 4.98 Å². The Bertz CT molecular complexity index is 340. The van der Waals surface area contributed by atoms with Crippen molar-refractivity contribution in [1.82, 2.24) is 4.98 Å². The Morgan fingerprint density at radius 2 is 1.83 bits per heavy atom. The second-order valence-electron chi connectivity index (χ2n) is 2.08. The molecular formula is C6H3F4NO. The highest BCUT2D eigenvalue weighted by Crippen LogP contribution is 2.26. The van der Waals surface area contributed by atoms with Crippen LogP contribution >= 0.6 is 0 Å². The van der Waals surface area contributed by atoms with E-state index >= 15 is 0 Å². The van der Waals surface area contributed by atoms with Gasteiger partial charge in [-0.3, -0.25) is 4.79 Å². The van der Waals surface area contributed by atoms with Gasteiger partial charge in [0.1, 0.15) is 5.69 Å². The van der Waals surface area contributed by atoms with Gasteiger partial charge < -0.3 is 4.98 Å². The molecule has 12 heavy (non-hydrogen) atoms. The maximum absolute atomic E-state index is 12.2. The van der Waals surface area contributed by atoms with Crippen LogP contribution in [0.1, 0.15) is 5.69 Å². The number of aromatic nitrogens is 1. The van der Waals surface area contributed by atoms with E-state index in [0.29, 0.717) is 12.1 Å². The second-order valence-corrected chi connectivity index (χ2v) is 2.08. The third kappa shape index (κ3) is 1.84. The number of hydrogen-bond acceptors (Lipinski definition) is 1. The van der Waals surface area contributed by atoms with Crippen LogP contribution in [0.15, 0.2) is 16.9 Å². The Morgan fingerprint density at radius 3 is 2.25 bits per heavy atom. The zero-order valence-electron chi connectivity index (χ0n) is 5.57. The molecule has 0 amide bonds. The molecule has 0 aliphatic heterocycles. The van der Waals surface area contributed by atoms with E-state index < -0.39 is 23.2 Å². The van der Waals surface area contributed by atoms with E-state index in [2.05, 4.69) is 0 Å². The highest BCUT2D eigenvalue weighted by molar-refractivity contribution is 5.08. The van der Waals surface area contributed by atoms with Crippen LogP contribution in [0.3, 0.4) is 0 Å². The van der Waals surface area contributed by atoms with Crippen molar-refractivity contribution in [2.24, 2.45) is 0 Å². The van der Waals surface area contributed by atoms with Crippen molar-refractivity contribution in [3.05, 3.63) is 34.0 Å². The summed E-state index contributed by atoms with van der Waals surface area (Å²) in [7, 11) is 0. The number of pyridine rings is 1. The summed E-state index contributed by atoms with van der Waals surface area (Å²) in [6.07, 6.45) is -4.72. The lowest BCUT2D eigenvalue weighted by Gasteiger charge is -2.04. The first-order chi connectivity index (χ1) is 5.39. The number of hydrogen-bond donors (Lipinski definition) is 1. The Labute approximate surface area is 63.8 Å². The summed E-state index contributed by atoms with van der Waals surface area (Å²) in [5.74, 6) is -1.30. The predicted octanol–water partition coefficient (Wildman–Crippen LogP) is 1.53. The van der Waals surface area contributed by atoms with E-state index in [-0.39, 0.29) is 0 Å². The van der Waals surface area contributed by atoms with Crippen LogP contribution < -0.4 is 5.43 Å². The SMILES string of the molecule is O=c1cc(F)[nH]c(C(F)(F)F)c1. The first kappa shape index (κ1) is 8.76. The maximum atomic E-state index is 12.2. The molecule has 0 aromatic carbocycles. The van der Waals surface area contributed by atoms with Gasteiger partial charge in [0.05, 0.1) is 0 Å². The van der Waals surface area contributed by atoms with Crippen molar-refractivity contribution in [3.63, 3.8) is 0 Å². The second kappa shape index (κ2) is 2.62. The molecule has 2 nitrogen and oxygen atoms in total. The Hall–Kier alpha value is -1.33. The third-order valence-electron chi connectivity index (χ3n) is 1.12. The number of nitrogens with one attached hydrogen (secondary N) is 1. The molecule has 0 bridgehead atoms. The summed E-state index contributed by atoms with van der Waals surface area (Å²) < 4.78 is 47.6. The monoisotopic (exact) mass is 181 g/mol. The zero-order chi connectivity index (χ0) is 9.35. The first-order valence-electron chi connectivity index (χ1n) is 2.86. The lowest BCUT2D eigenvalue weighted by molar-refractivity contribution is -0.141. The Kier molecular flexibility index (Phi) is 1.91. The number of halogens is 4. The largest absolute Gasteiger partial charge is 0.431 e. The average Bonchev–Trinajstić information content (AvgIpc) is 1.82. The van der Waals surface area contributed by atoms with Crippen molar-refractivity contribution < 1.29 is 17.6 Å².